The molecule has 1 heterocycles. The van der Waals surface area contributed by atoms with E-state index in [4.69, 9.17) is 33.7 Å². The lowest BCUT2D eigenvalue weighted by atomic mass is 9.55. The van der Waals surface area contributed by atoms with Crippen molar-refractivity contribution < 1.29 is 53.2 Å². The highest BCUT2D eigenvalue weighted by Crippen LogP contribution is 2.62. The molecule has 4 aromatic carbocycles. The molecule has 2 N–H and O–H groups in total. The van der Waals surface area contributed by atoms with Crippen LogP contribution in [-0.2, 0) is 16.2 Å². The van der Waals surface area contributed by atoms with Gasteiger partial charge in [-0.25, -0.2) is 4.79 Å². The number of aldehydes is 1. The lowest BCUT2D eigenvalue weighted by Gasteiger charge is -2.59. The number of hydrogen-bond acceptors (Lipinski definition) is 13. The average Bonchev–Trinajstić information content (AvgIpc) is 3.34. The molecular weight excluding hydrogens is 859 g/mol. The Morgan fingerprint density at radius 1 is 0.970 bits per heavy atom. The Balaban J connectivity index is 1.42. The van der Waals surface area contributed by atoms with E-state index in [-0.39, 0.29) is 68.6 Å². The number of nitrogens with zero attached hydrogens (tertiary/aromatic N) is 3. The van der Waals surface area contributed by atoms with Gasteiger partial charge < -0.3 is 38.7 Å². The summed E-state index contributed by atoms with van der Waals surface area (Å²) in [4.78, 5) is 45.4. The van der Waals surface area contributed by atoms with E-state index in [9.17, 15) is 29.9 Å². The summed E-state index contributed by atoms with van der Waals surface area (Å²) in [6.45, 7) is 6.52. The summed E-state index contributed by atoms with van der Waals surface area (Å²) in [6, 6.07) is 24.8. The third kappa shape index (κ3) is 10.9. The first kappa shape index (κ1) is 48.4. The fraction of sp³-hybridized carbons (Fsp3) is 0.404. The van der Waals surface area contributed by atoms with E-state index in [0.717, 1.165) is 42.4 Å². The summed E-state index contributed by atoms with van der Waals surface area (Å²) in [6.07, 6.45) is 8.78. The van der Waals surface area contributed by atoms with Gasteiger partial charge in [-0.05, 0) is 104 Å². The van der Waals surface area contributed by atoms with Crippen molar-refractivity contribution in [3.05, 3.63) is 142 Å². The number of nitro groups is 1. The van der Waals surface area contributed by atoms with Crippen LogP contribution in [0, 0.1) is 27.9 Å². The summed E-state index contributed by atoms with van der Waals surface area (Å²) in [7, 11) is 1.50. The fourth-order valence-electron chi connectivity index (χ4n) is 9.89. The maximum Gasteiger partial charge on any atom is 0.415 e. The number of allylic oxidation sites excluding steroid dienone is 1. The molecule has 0 saturated heterocycles. The molecule has 1 amide bonds. The van der Waals surface area contributed by atoms with Crippen LogP contribution in [0.2, 0.25) is 0 Å². The molecule has 0 unspecified atom stereocenters. The number of methoxy groups -OCH3 is 1. The first-order valence-corrected chi connectivity index (χ1v) is 23.0. The number of aliphatic hydroxyl groups excluding tert-OH is 2. The molecule has 0 spiro atoms. The number of fused-ring (bicyclic) bond motifs is 2. The van der Waals surface area contributed by atoms with Crippen LogP contribution in [0.1, 0.15) is 85.7 Å². The molecule has 354 valence electrons. The van der Waals surface area contributed by atoms with Crippen LogP contribution in [-0.4, -0.2) is 83.4 Å². The zero-order chi connectivity index (χ0) is 47.3. The molecule has 15 heteroatoms. The van der Waals surface area contributed by atoms with Gasteiger partial charge in [-0.15, -0.1) is 6.58 Å². The molecule has 67 heavy (non-hydrogen) atoms. The van der Waals surface area contributed by atoms with Gasteiger partial charge in [0.05, 0.1) is 35.8 Å². The van der Waals surface area contributed by atoms with E-state index in [1.54, 1.807) is 35.2 Å². The quantitative estimate of drug-likeness (QED) is 0.0236. The van der Waals surface area contributed by atoms with Crippen LogP contribution in [0.15, 0.2) is 120 Å². The van der Waals surface area contributed by atoms with Gasteiger partial charge in [0.2, 0.25) is 5.79 Å². The van der Waals surface area contributed by atoms with Crippen molar-refractivity contribution in [1.29, 1.82) is 0 Å². The molecule has 0 bridgehead atoms. The predicted molar refractivity (Wildman–Crippen MR) is 251 cm³/mol. The van der Waals surface area contributed by atoms with E-state index < -0.39 is 28.8 Å². The standard InChI is InChI=1S/C52H59N3O12/c1-4-25-54(51(59)66-39-19-17-38(18-20-39)55(60)61)48-32-45(53-64-34-35-13-7-6-8-14-35)43-30-36(15-9-11-26-56)42(16-10-12-27-57)49-44-31-41(65-40-21-23-46(62-3)37(29-40)33-58)22-24-47(44)67-52(48,50(43)49)63-28-5-2/h5-8,13-14,17-24,29-31,33,36,42,48-50,56-57H,2,4,9-12,15-16,25-28,32,34H2,1,3H3/t36-,42+,48-,49+,50+,52+/m0/s1. The highest BCUT2D eigenvalue weighted by atomic mass is 16.7. The molecule has 1 aliphatic heterocycles. The van der Waals surface area contributed by atoms with E-state index in [2.05, 4.69) is 12.7 Å². The number of carbonyl (C=O) groups excluding carboxylic acids is 2. The number of hydrogen-bond donors (Lipinski definition) is 2. The second-order valence-corrected chi connectivity index (χ2v) is 17.0. The Labute approximate surface area is 390 Å². The number of aliphatic hydroxyl groups is 2. The Bertz CT molecular complexity index is 2410. The third-order valence-corrected chi connectivity index (χ3v) is 12.8. The van der Waals surface area contributed by atoms with E-state index in [1.165, 1.54) is 31.4 Å². The maximum absolute atomic E-state index is 14.7. The molecule has 0 aromatic heterocycles. The van der Waals surface area contributed by atoms with Crippen LogP contribution in [0.25, 0.3) is 0 Å². The number of carbonyl (C=O) groups is 2. The van der Waals surface area contributed by atoms with Gasteiger partial charge >= 0.3 is 6.09 Å². The van der Waals surface area contributed by atoms with Crippen molar-refractivity contribution in [2.45, 2.75) is 82.6 Å². The van der Waals surface area contributed by atoms with Gasteiger partial charge in [-0.3, -0.25) is 19.8 Å². The van der Waals surface area contributed by atoms with Crippen molar-refractivity contribution in [3.63, 3.8) is 0 Å². The van der Waals surface area contributed by atoms with Crippen molar-refractivity contribution in [1.82, 2.24) is 4.90 Å². The van der Waals surface area contributed by atoms with Gasteiger partial charge in [0.25, 0.3) is 5.69 Å². The molecule has 1 fully saturated rings. The number of nitro benzene ring substituents is 1. The maximum atomic E-state index is 14.7. The fourth-order valence-corrected chi connectivity index (χ4v) is 9.89. The van der Waals surface area contributed by atoms with Gasteiger partial charge in [0.1, 0.15) is 41.4 Å². The minimum Gasteiger partial charge on any atom is -0.496 e. The zero-order valence-electron chi connectivity index (χ0n) is 38.0. The zero-order valence-corrected chi connectivity index (χ0v) is 38.0. The molecule has 1 saturated carbocycles. The molecule has 2 aliphatic carbocycles. The van der Waals surface area contributed by atoms with Crippen LogP contribution in [0.4, 0.5) is 10.5 Å². The predicted octanol–water partition coefficient (Wildman–Crippen LogP) is 9.95. The highest BCUT2D eigenvalue weighted by Gasteiger charge is 2.65. The van der Waals surface area contributed by atoms with Crippen LogP contribution >= 0.6 is 0 Å². The first-order valence-electron chi connectivity index (χ1n) is 23.0. The van der Waals surface area contributed by atoms with Gasteiger partial charge in [-0.1, -0.05) is 67.4 Å². The van der Waals surface area contributed by atoms with Gasteiger partial charge in [0, 0.05) is 49.8 Å². The van der Waals surface area contributed by atoms with Crippen molar-refractivity contribution in [3.8, 4) is 28.7 Å². The first-order chi connectivity index (χ1) is 32.7. The number of non-ortho nitro benzene ring substituents is 1. The average molecular weight is 918 g/mol. The Morgan fingerprint density at radius 3 is 2.37 bits per heavy atom. The lowest BCUT2D eigenvalue weighted by Crippen LogP contribution is -2.70. The summed E-state index contributed by atoms with van der Waals surface area (Å²) < 4.78 is 32.2. The molecule has 7 rings (SSSR count). The second kappa shape index (κ2) is 22.8. The summed E-state index contributed by atoms with van der Waals surface area (Å²) in [5.41, 5.74) is 3.42. The summed E-state index contributed by atoms with van der Waals surface area (Å²) >= 11 is 0. The van der Waals surface area contributed by atoms with Crippen molar-refractivity contribution in [2.24, 2.45) is 22.9 Å². The molecule has 6 atom stereocenters. The normalized spacial score (nSPS) is 22.0. The molecule has 15 nitrogen and oxygen atoms in total. The van der Waals surface area contributed by atoms with Gasteiger partial charge in [-0.2, -0.15) is 0 Å². The number of ether oxygens (including phenoxy) is 5. The molecule has 4 aromatic rings. The van der Waals surface area contributed by atoms with Crippen LogP contribution in [0.5, 0.6) is 28.7 Å². The monoisotopic (exact) mass is 917 g/mol. The number of benzene rings is 4. The number of amides is 1. The molecule has 3 aliphatic rings. The lowest BCUT2D eigenvalue weighted by molar-refractivity contribution is -0.384. The SMILES string of the molecule is C=CCO[C@@]12Oc3ccc(Oc4ccc(OC)c(C=O)c4)cc3[C@H]3[C@H](CCCCO)[C@@H](CCCCO)C=C(C(=NOCc4ccccc4)C[C@@H]1N(CCC)C(=O)Oc1ccc([N+](=O)[O-])cc1)[C@H]32. The Hall–Kier alpha value is -6.55. The minimum atomic E-state index is -1.55. The van der Waals surface area contributed by atoms with Crippen molar-refractivity contribution in [2.75, 3.05) is 33.5 Å². The Kier molecular flexibility index (Phi) is 16.4. The smallest absolute Gasteiger partial charge is 0.415 e. The highest BCUT2D eigenvalue weighted by molar-refractivity contribution is 6.03. The van der Waals surface area contributed by atoms with Crippen LogP contribution < -0.4 is 18.9 Å². The van der Waals surface area contributed by atoms with Gasteiger partial charge in [0.15, 0.2) is 6.29 Å². The molecule has 0 radical (unpaired) electrons. The summed E-state index contributed by atoms with van der Waals surface area (Å²) in [5.74, 6) is -0.569. The number of rotatable bonds is 23. The largest absolute Gasteiger partial charge is 0.496 e. The Morgan fingerprint density at radius 2 is 1.69 bits per heavy atom. The topological polar surface area (TPSA) is 189 Å². The van der Waals surface area contributed by atoms with Crippen LogP contribution in [0.3, 0.4) is 0 Å². The van der Waals surface area contributed by atoms with E-state index >= 15 is 0 Å². The number of oxime groups is 1. The van der Waals surface area contributed by atoms with E-state index in [1.807, 2.05) is 49.4 Å². The summed E-state index contributed by atoms with van der Waals surface area (Å²) in [5, 5.41) is 36.3. The third-order valence-electron chi connectivity index (χ3n) is 12.8. The second-order valence-electron chi connectivity index (χ2n) is 17.0. The van der Waals surface area contributed by atoms with Crippen molar-refractivity contribution >= 4 is 23.8 Å². The minimum absolute atomic E-state index is 0.0134. The molecular formula is C52H59N3O12. The number of unbranched alkanes of at least 4 members (excludes halogenated alkanes) is 2. The van der Waals surface area contributed by atoms with E-state index in [0.29, 0.717) is 59.8 Å².